The van der Waals surface area contributed by atoms with E-state index >= 15 is 0 Å². The molecule has 0 aliphatic rings. The van der Waals surface area contributed by atoms with Crippen LogP contribution in [0, 0.1) is 0 Å². The molecular formula is C60H94BaO6S2. The molecule has 69 heavy (non-hydrogen) atoms. The van der Waals surface area contributed by atoms with E-state index in [0.29, 0.717) is 0 Å². The summed E-state index contributed by atoms with van der Waals surface area (Å²) in [5.74, 6) is 0. The molecule has 4 rings (SSSR count). The Bertz CT molecular complexity index is 2030. The zero-order chi connectivity index (χ0) is 49.3. The first-order valence-electron chi connectivity index (χ1n) is 27.9. The standard InChI is InChI=1S/2C30H48O3S.Ba/c2*1-3-5-7-9-11-13-15-17-19-26-21-22-30-27(20-18-16-14-12-10-8-6-4-2)24-29(34(31,32)33)25-28(30)23-26;/h2*21-25H,3-20H2,1-2H3,(H,31,32,33);/q;;+2/p-2. The van der Waals surface area contributed by atoms with E-state index < -0.39 is 20.2 Å². The molecule has 4 aromatic carbocycles. The zero-order valence-electron chi connectivity index (χ0n) is 44.2. The maximum Gasteiger partial charge on any atom is 2.00 e. The van der Waals surface area contributed by atoms with Gasteiger partial charge in [-0.05, 0) is 119 Å². The molecule has 0 saturated heterocycles. The largest absolute Gasteiger partial charge is 2.00 e. The monoisotopic (exact) mass is 1110 g/mol. The third kappa shape index (κ3) is 27.6. The second kappa shape index (κ2) is 38.4. The van der Waals surface area contributed by atoms with Gasteiger partial charge in [0.1, 0.15) is 20.2 Å². The van der Waals surface area contributed by atoms with Gasteiger partial charge in [-0.3, -0.25) is 0 Å². The Morgan fingerprint density at radius 3 is 0.826 bits per heavy atom. The van der Waals surface area contributed by atoms with Crippen LogP contribution in [0.25, 0.3) is 21.5 Å². The molecule has 0 atom stereocenters. The van der Waals surface area contributed by atoms with Crippen LogP contribution in [-0.4, -0.2) is 74.8 Å². The van der Waals surface area contributed by atoms with Crippen LogP contribution in [0.2, 0.25) is 0 Å². The second-order valence-electron chi connectivity index (χ2n) is 20.1. The molecule has 0 spiro atoms. The van der Waals surface area contributed by atoms with Crippen molar-refractivity contribution in [1.29, 1.82) is 0 Å². The fraction of sp³-hybridized carbons (Fsp3) is 0.667. The Balaban J connectivity index is 0.000000467. The molecule has 0 unspecified atom stereocenters. The number of rotatable bonds is 38. The predicted molar refractivity (Wildman–Crippen MR) is 295 cm³/mol. The van der Waals surface area contributed by atoms with E-state index in [4.69, 9.17) is 0 Å². The van der Waals surface area contributed by atoms with E-state index in [0.717, 1.165) is 96.9 Å². The van der Waals surface area contributed by atoms with Crippen LogP contribution >= 0.6 is 0 Å². The van der Waals surface area contributed by atoms with Crippen LogP contribution in [0.3, 0.4) is 0 Å². The van der Waals surface area contributed by atoms with Gasteiger partial charge in [0.2, 0.25) is 0 Å². The van der Waals surface area contributed by atoms with Gasteiger partial charge in [-0.1, -0.05) is 244 Å². The van der Waals surface area contributed by atoms with Crippen LogP contribution in [-0.2, 0) is 45.9 Å². The molecule has 0 aliphatic heterocycles. The maximum atomic E-state index is 11.8. The summed E-state index contributed by atoms with van der Waals surface area (Å²) in [6, 6.07) is 19.2. The van der Waals surface area contributed by atoms with Crippen molar-refractivity contribution in [1.82, 2.24) is 0 Å². The molecular weight excluding hydrogens is 1020 g/mol. The molecule has 9 heteroatoms. The average molecular weight is 1110 g/mol. The van der Waals surface area contributed by atoms with Crippen molar-refractivity contribution in [2.75, 3.05) is 0 Å². The van der Waals surface area contributed by atoms with Crippen molar-refractivity contribution in [2.24, 2.45) is 0 Å². The Kier molecular flexibility index (Phi) is 35.5. The first kappa shape index (κ1) is 63.9. The topological polar surface area (TPSA) is 114 Å². The Hall–Kier alpha value is -1.21. The third-order valence-corrected chi connectivity index (χ3v) is 15.6. The average Bonchev–Trinajstić information content (AvgIpc) is 3.31. The minimum absolute atomic E-state index is 0. The van der Waals surface area contributed by atoms with Crippen LogP contribution in [0.5, 0.6) is 0 Å². The van der Waals surface area contributed by atoms with E-state index in [2.05, 4.69) is 64.1 Å². The minimum atomic E-state index is -4.46. The Labute approximate surface area is 463 Å². The number of fused-ring (bicyclic) bond motifs is 2. The summed E-state index contributed by atoms with van der Waals surface area (Å²) in [5.41, 5.74) is 4.46. The fourth-order valence-corrected chi connectivity index (χ4v) is 10.9. The molecule has 0 aliphatic carbocycles. The molecule has 0 saturated carbocycles. The van der Waals surface area contributed by atoms with Crippen molar-refractivity contribution < 1.29 is 25.9 Å². The van der Waals surface area contributed by atoms with E-state index in [-0.39, 0.29) is 58.7 Å². The predicted octanol–water partition coefficient (Wildman–Crippen LogP) is 17.8. The molecule has 0 amide bonds. The summed E-state index contributed by atoms with van der Waals surface area (Å²) in [6.07, 6.45) is 44.2. The molecule has 0 radical (unpaired) electrons. The Morgan fingerprint density at radius 1 is 0.319 bits per heavy atom. The summed E-state index contributed by atoms with van der Waals surface area (Å²) in [7, 11) is -8.92. The van der Waals surface area contributed by atoms with E-state index in [1.165, 1.54) is 178 Å². The zero-order valence-corrected chi connectivity index (χ0v) is 50.3. The van der Waals surface area contributed by atoms with Crippen LogP contribution in [0.1, 0.15) is 255 Å². The van der Waals surface area contributed by atoms with Crippen molar-refractivity contribution >= 4 is 90.7 Å². The number of benzene rings is 4. The first-order chi connectivity index (χ1) is 32.9. The molecule has 4 aromatic rings. The molecule has 0 fully saturated rings. The van der Waals surface area contributed by atoms with Gasteiger partial charge >= 0.3 is 48.9 Å². The van der Waals surface area contributed by atoms with E-state index in [1.807, 2.05) is 0 Å². The maximum absolute atomic E-state index is 11.8. The Morgan fingerprint density at radius 2 is 0.565 bits per heavy atom. The molecule has 0 bridgehead atoms. The number of hydrogen-bond donors (Lipinski definition) is 0. The number of hydrogen-bond acceptors (Lipinski definition) is 6. The second-order valence-corrected chi connectivity index (χ2v) is 22.8. The normalized spacial score (nSPS) is 11.8. The molecule has 0 heterocycles. The molecule has 384 valence electrons. The van der Waals surface area contributed by atoms with Gasteiger partial charge in [0.15, 0.2) is 0 Å². The van der Waals surface area contributed by atoms with Gasteiger partial charge in [0.25, 0.3) is 0 Å². The van der Waals surface area contributed by atoms with Gasteiger partial charge in [0.05, 0.1) is 9.79 Å². The van der Waals surface area contributed by atoms with Gasteiger partial charge in [-0.15, -0.1) is 0 Å². The van der Waals surface area contributed by atoms with Crippen LogP contribution < -0.4 is 0 Å². The summed E-state index contributed by atoms with van der Waals surface area (Å²) in [4.78, 5) is -0.169. The van der Waals surface area contributed by atoms with Crippen molar-refractivity contribution in [3.63, 3.8) is 0 Å². The van der Waals surface area contributed by atoms with E-state index in [9.17, 15) is 25.9 Å². The van der Waals surface area contributed by atoms with Crippen molar-refractivity contribution in [3.8, 4) is 0 Å². The SMILES string of the molecule is CCCCCCCCCCc1ccc2c(CCCCCCCCCC)cc(S(=O)(=O)[O-])cc2c1.CCCCCCCCCCc1ccc2c(CCCCCCCCCC)cc(S(=O)(=O)[O-])cc2c1.[Ba+2]. The quantitative estimate of drug-likeness (QED) is 0.0251. The van der Waals surface area contributed by atoms with E-state index in [1.54, 1.807) is 24.3 Å². The summed E-state index contributed by atoms with van der Waals surface area (Å²) >= 11 is 0. The third-order valence-electron chi connectivity index (χ3n) is 14.0. The fourth-order valence-electron chi connectivity index (χ4n) is 9.77. The van der Waals surface area contributed by atoms with Crippen molar-refractivity contribution in [2.45, 2.75) is 269 Å². The van der Waals surface area contributed by atoms with Gasteiger partial charge in [-0.25, -0.2) is 16.8 Å². The number of unbranched alkanes of at least 4 members (excludes halogenated alkanes) is 28. The molecule has 0 N–H and O–H groups in total. The van der Waals surface area contributed by atoms with Gasteiger partial charge < -0.3 is 9.11 Å². The van der Waals surface area contributed by atoms with Crippen LogP contribution in [0.4, 0.5) is 0 Å². The van der Waals surface area contributed by atoms with Gasteiger partial charge in [-0.2, -0.15) is 0 Å². The van der Waals surface area contributed by atoms with Crippen LogP contribution in [0.15, 0.2) is 70.5 Å². The summed E-state index contributed by atoms with van der Waals surface area (Å²) in [6.45, 7) is 8.97. The number of aryl methyl sites for hydroxylation is 4. The smallest absolute Gasteiger partial charge is 0.744 e. The molecule has 6 nitrogen and oxygen atoms in total. The molecule has 0 aromatic heterocycles. The first-order valence-corrected chi connectivity index (χ1v) is 30.8. The van der Waals surface area contributed by atoms with Crippen molar-refractivity contribution in [3.05, 3.63) is 82.9 Å². The van der Waals surface area contributed by atoms with Gasteiger partial charge in [0, 0.05) is 0 Å². The minimum Gasteiger partial charge on any atom is -0.744 e. The summed E-state index contributed by atoms with van der Waals surface area (Å²) < 4.78 is 70.8. The summed E-state index contributed by atoms with van der Waals surface area (Å²) in [5, 5.41) is 3.97.